The zero-order chi connectivity index (χ0) is 13.8. The van der Waals surface area contributed by atoms with Crippen LogP contribution in [0.15, 0.2) is 18.2 Å². The van der Waals surface area contributed by atoms with Gasteiger partial charge in [0.15, 0.2) is 0 Å². The number of nitrogens with one attached hydrogen (secondary N) is 1. The quantitative estimate of drug-likeness (QED) is 0.858. The average molecular weight is 248 g/mol. The van der Waals surface area contributed by atoms with Gasteiger partial charge in [-0.25, -0.2) is 0 Å². The first-order valence-electron chi connectivity index (χ1n) is 6.41. The lowest BCUT2D eigenvalue weighted by atomic mass is 9.85. The molecular formula is C15H24N2O. The van der Waals surface area contributed by atoms with E-state index in [1.54, 1.807) is 0 Å². The minimum Gasteiger partial charge on any atom is -0.352 e. The molecule has 0 aliphatic carbocycles. The Morgan fingerprint density at radius 3 is 2.56 bits per heavy atom. The Bertz CT molecular complexity index is 419. The maximum Gasteiger partial charge on any atom is 0.221 e. The molecule has 0 radical (unpaired) electrons. The monoisotopic (exact) mass is 248 g/mol. The number of hydrogen-bond acceptors (Lipinski definition) is 2. The van der Waals surface area contributed by atoms with Gasteiger partial charge in [-0.05, 0) is 29.0 Å². The van der Waals surface area contributed by atoms with Crippen molar-refractivity contribution in [3.05, 3.63) is 34.9 Å². The van der Waals surface area contributed by atoms with E-state index >= 15 is 0 Å². The smallest absolute Gasteiger partial charge is 0.221 e. The number of amides is 1. The molecular weight excluding hydrogens is 224 g/mol. The molecule has 0 spiro atoms. The molecule has 0 aliphatic heterocycles. The zero-order valence-corrected chi connectivity index (χ0v) is 11.8. The third kappa shape index (κ3) is 4.15. The Morgan fingerprint density at radius 2 is 2.00 bits per heavy atom. The van der Waals surface area contributed by atoms with Crippen molar-refractivity contribution in [2.75, 3.05) is 6.54 Å². The molecule has 1 amide bonds. The summed E-state index contributed by atoms with van der Waals surface area (Å²) in [5, 5.41) is 2.90. The van der Waals surface area contributed by atoms with Gasteiger partial charge < -0.3 is 11.1 Å². The minimum atomic E-state index is 0.0121. The van der Waals surface area contributed by atoms with Crippen molar-refractivity contribution in [2.45, 2.75) is 46.1 Å². The van der Waals surface area contributed by atoms with Crippen molar-refractivity contribution >= 4 is 5.91 Å². The summed E-state index contributed by atoms with van der Waals surface area (Å²) in [6, 6.07) is 6.45. The number of carbonyl (C=O) groups excluding carboxylic acids is 1. The molecule has 0 atom stereocenters. The number of rotatable bonds is 4. The summed E-state index contributed by atoms with van der Waals surface area (Å²) in [6.07, 6.45) is 0.387. The third-order valence-electron chi connectivity index (χ3n) is 3.06. The number of nitrogens with two attached hydrogens (primary N) is 1. The summed E-state index contributed by atoms with van der Waals surface area (Å²) in [6.45, 7) is 9.61. The van der Waals surface area contributed by atoms with Crippen LogP contribution in [0.4, 0.5) is 0 Å². The van der Waals surface area contributed by atoms with Crippen LogP contribution in [0.3, 0.4) is 0 Å². The second-order valence-electron chi connectivity index (χ2n) is 5.71. The molecule has 0 aromatic heterocycles. The predicted octanol–water partition coefficient (Wildman–Crippen LogP) is 2.26. The van der Waals surface area contributed by atoms with Crippen LogP contribution in [0.2, 0.25) is 0 Å². The highest BCUT2D eigenvalue weighted by Gasteiger charge is 2.14. The van der Waals surface area contributed by atoms with Crippen LogP contribution in [-0.2, 0) is 16.8 Å². The van der Waals surface area contributed by atoms with Crippen molar-refractivity contribution in [3.8, 4) is 0 Å². The predicted molar refractivity (Wildman–Crippen MR) is 75.4 cm³/mol. The standard InChI is InChI=1S/C15H24N2O/c1-11-5-6-13(15(2,3)4)9-12(11)10-17-14(18)7-8-16/h5-6,9H,7-8,10,16H2,1-4H3,(H,17,18). The Morgan fingerprint density at radius 1 is 1.33 bits per heavy atom. The van der Waals surface area contributed by atoms with E-state index in [0.29, 0.717) is 19.5 Å². The third-order valence-corrected chi connectivity index (χ3v) is 3.06. The first-order valence-corrected chi connectivity index (χ1v) is 6.41. The fourth-order valence-electron chi connectivity index (χ4n) is 1.74. The van der Waals surface area contributed by atoms with Crippen LogP contribution in [0.1, 0.15) is 43.9 Å². The lowest BCUT2D eigenvalue weighted by Crippen LogP contribution is -2.25. The van der Waals surface area contributed by atoms with E-state index in [1.807, 2.05) is 0 Å². The van der Waals surface area contributed by atoms with Gasteiger partial charge in [-0.3, -0.25) is 4.79 Å². The summed E-state index contributed by atoms with van der Waals surface area (Å²) in [5.74, 6) is 0.0121. The van der Waals surface area contributed by atoms with Crippen LogP contribution < -0.4 is 11.1 Å². The number of hydrogen-bond donors (Lipinski definition) is 2. The first-order chi connectivity index (χ1) is 8.34. The molecule has 18 heavy (non-hydrogen) atoms. The second kappa shape index (κ2) is 6.01. The highest BCUT2D eigenvalue weighted by atomic mass is 16.1. The minimum absolute atomic E-state index is 0.0121. The molecule has 0 saturated heterocycles. The van der Waals surface area contributed by atoms with Gasteiger partial charge in [0.05, 0.1) is 0 Å². The molecule has 0 heterocycles. The molecule has 1 rings (SSSR count). The molecule has 100 valence electrons. The average Bonchev–Trinajstić information content (AvgIpc) is 2.26. The van der Waals surface area contributed by atoms with Crippen molar-refractivity contribution in [1.82, 2.24) is 5.32 Å². The normalized spacial score (nSPS) is 11.4. The van der Waals surface area contributed by atoms with E-state index in [-0.39, 0.29) is 11.3 Å². The second-order valence-corrected chi connectivity index (χ2v) is 5.71. The van der Waals surface area contributed by atoms with E-state index in [0.717, 1.165) is 0 Å². The zero-order valence-electron chi connectivity index (χ0n) is 11.8. The Balaban J connectivity index is 2.79. The highest BCUT2D eigenvalue weighted by molar-refractivity contribution is 5.76. The van der Waals surface area contributed by atoms with E-state index in [9.17, 15) is 4.79 Å². The van der Waals surface area contributed by atoms with Crippen LogP contribution in [0.5, 0.6) is 0 Å². The van der Waals surface area contributed by atoms with E-state index in [4.69, 9.17) is 5.73 Å². The molecule has 3 nitrogen and oxygen atoms in total. The van der Waals surface area contributed by atoms with Gasteiger partial charge >= 0.3 is 0 Å². The maximum absolute atomic E-state index is 11.4. The summed E-state index contributed by atoms with van der Waals surface area (Å²) in [4.78, 5) is 11.4. The van der Waals surface area contributed by atoms with Gasteiger partial charge in [0.2, 0.25) is 5.91 Å². The van der Waals surface area contributed by atoms with Crippen LogP contribution in [-0.4, -0.2) is 12.5 Å². The molecule has 3 heteroatoms. The first kappa shape index (κ1) is 14.7. The lowest BCUT2D eigenvalue weighted by Gasteiger charge is -2.21. The molecule has 1 aromatic rings. The van der Waals surface area contributed by atoms with Gasteiger partial charge in [0.1, 0.15) is 0 Å². The fraction of sp³-hybridized carbons (Fsp3) is 0.533. The van der Waals surface area contributed by atoms with Crippen LogP contribution in [0.25, 0.3) is 0 Å². The van der Waals surface area contributed by atoms with Gasteiger partial charge in [-0.2, -0.15) is 0 Å². The largest absolute Gasteiger partial charge is 0.352 e. The maximum atomic E-state index is 11.4. The molecule has 0 unspecified atom stereocenters. The number of aryl methyl sites for hydroxylation is 1. The summed E-state index contributed by atoms with van der Waals surface area (Å²) < 4.78 is 0. The lowest BCUT2D eigenvalue weighted by molar-refractivity contribution is -0.121. The SMILES string of the molecule is Cc1ccc(C(C)(C)C)cc1CNC(=O)CCN. The summed E-state index contributed by atoms with van der Waals surface area (Å²) in [5.41, 5.74) is 9.14. The van der Waals surface area contributed by atoms with E-state index in [1.165, 1.54) is 16.7 Å². The molecule has 0 saturated carbocycles. The van der Waals surface area contributed by atoms with Gasteiger partial charge in [0, 0.05) is 19.5 Å². The Labute approximate surface area is 110 Å². The number of benzene rings is 1. The topological polar surface area (TPSA) is 55.1 Å². The van der Waals surface area contributed by atoms with Gasteiger partial charge in [0.25, 0.3) is 0 Å². The molecule has 0 fully saturated rings. The Hall–Kier alpha value is -1.35. The van der Waals surface area contributed by atoms with Gasteiger partial charge in [-0.1, -0.05) is 39.0 Å². The summed E-state index contributed by atoms with van der Waals surface area (Å²) in [7, 11) is 0. The van der Waals surface area contributed by atoms with Crippen molar-refractivity contribution in [1.29, 1.82) is 0 Å². The molecule has 3 N–H and O–H groups in total. The molecule has 0 aliphatic rings. The van der Waals surface area contributed by atoms with Gasteiger partial charge in [-0.15, -0.1) is 0 Å². The molecule has 0 bridgehead atoms. The summed E-state index contributed by atoms with van der Waals surface area (Å²) >= 11 is 0. The highest BCUT2D eigenvalue weighted by Crippen LogP contribution is 2.24. The van der Waals surface area contributed by atoms with E-state index < -0.39 is 0 Å². The van der Waals surface area contributed by atoms with Crippen molar-refractivity contribution in [2.24, 2.45) is 5.73 Å². The Kier molecular flexibility index (Phi) is 4.91. The van der Waals surface area contributed by atoms with Crippen LogP contribution in [0, 0.1) is 6.92 Å². The van der Waals surface area contributed by atoms with Crippen LogP contribution >= 0.6 is 0 Å². The fourth-order valence-corrected chi connectivity index (χ4v) is 1.74. The van der Waals surface area contributed by atoms with Crippen molar-refractivity contribution in [3.63, 3.8) is 0 Å². The molecule has 1 aromatic carbocycles. The number of carbonyl (C=O) groups is 1. The van der Waals surface area contributed by atoms with Crippen molar-refractivity contribution < 1.29 is 4.79 Å². The van der Waals surface area contributed by atoms with E-state index in [2.05, 4.69) is 51.2 Å².